The zero-order valence-corrected chi connectivity index (χ0v) is 29.9. The first kappa shape index (κ1) is 28.7. The summed E-state index contributed by atoms with van der Waals surface area (Å²) in [6.07, 6.45) is 0. The molecule has 0 amide bonds. The predicted molar refractivity (Wildman–Crippen MR) is 221 cm³/mol. The van der Waals surface area contributed by atoms with Crippen molar-refractivity contribution < 1.29 is 0 Å². The van der Waals surface area contributed by atoms with Gasteiger partial charge < -0.3 is 13.7 Å². The lowest BCUT2D eigenvalue weighted by Crippen LogP contribution is -2.37. The minimum atomic E-state index is -1.45. The first-order valence-corrected chi connectivity index (χ1v) is 21.4. The molecule has 0 fully saturated rings. The average Bonchev–Trinajstić information content (AvgIpc) is 3.80. The molecular weight excluding hydrogens is 635 g/mol. The molecule has 11 aromatic rings. The monoisotopic (exact) mass is 669 g/mol. The lowest BCUT2D eigenvalue weighted by Gasteiger charge is -2.17. The Bertz CT molecular complexity index is 2870. The van der Waals surface area contributed by atoms with Gasteiger partial charge in [0.2, 0.25) is 0 Å². The van der Waals surface area contributed by atoms with E-state index in [1.54, 1.807) is 0 Å². The minimum absolute atomic E-state index is 1.20. The highest BCUT2D eigenvalue weighted by atomic mass is 28.3. The fraction of sp³-hybridized carbons (Fsp3) is 0.0638. The second-order valence-electron chi connectivity index (χ2n) is 15.0. The summed E-state index contributed by atoms with van der Waals surface area (Å²) in [6, 6.07) is 58.8. The van der Waals surface area contributed by atoms with Gasteiger partial charge in [0.05, 0.1) is 52.5 Å². The molecule has 0 saturated heterocycles. The maximum atomic E-state index is 2.49. The van der Waals surface area contributed by atoms with Crippen molar-refractivity contribution in [2.45, 2.75) is 19.6 Å². The number of rotatable bonds is 4. The van der Waals surface area contributed by atoms with Crippen LogP contribution >= 0.6 is 0 Å². The van der Waals surface area contributed by atoms with Crippen molar-refractivity contribution in [1.82, 2.24) is 13.7 Å². The summed E-state index contributed by atoms with van der Waals surface area (Å²) in [5.41, 5.74) is 11.0. The van der Waals surface area contributed by atoms with Crippen LogP contribution in [0.15, 0.2) is 158 Å². The highest BCUT2D eigenvalue weighted by Crippen LogP contribution is 2.45. The van der Waals surface area contributed by atoms with E-state index in [4.69, 9.17) is 0 Å². The molecule has 51 heavy (non-hydrogen) atoms. The third kappa shape index (κ3) is 3.88. The van der Waals surface area contributed by atoms with Crippen molar-refractivity contribution in [2.75, 3.05) is 0 Å². The van der Waals surface area contributed by atoms with Gasteiger partial charge in [-0.3, -0.25) is 0 Å². The van der Waals surface area contributed by atoms with Crippen LogP contribution < -0.4 is 5.19 Å². The number of para-hydroxylation sites is 4. The van der Waals surface area contributed by atoms with Crippen LogP contribution in [0, 0.1) is 0 Å². The van der Waals surface area contributed by atoms with Crippen molar-refractivity contribution >= 4 is 89.5 Å². The Hall–Kier alpha value is -6.10. The average molecular weight is 670 g/mol. The minimum Gasteiger partial charge on any atom is -0.309 e. The standard InChI is InChI=1S/C47H35N3Si/c1-51(2,3)31-22-20-30(21-23-31)48-44-28-26-42(49-38-16-8-4-12-32(38)33-13-5-9-17-39(33)49)36-24-25-37-43(27-29-45(48)47(37)46(36)44)50-40-18-10-6-14-34(40)35-15-7-11-19-41(35)50/h4-29H,1-3H3. The van der Waals surface area contributed by atoms with Gasteiger partial charge in [-0.15, -0.1) is 0 Å². The highest BCUT2D eigenvalue weighted by molar-refractivity contribution is 6.88. The van der Waals surface area contributed by atoms with Crippen LogP contribution in [0.5, 0.6) is 0 Å². The molecule has 0 aliphatic rings. The summed E-state index contributed by atoms with van der Waals surface area (Å²) in [6.45, 7) is 7.25. The molecule has 4 heteroatoms. The van der Waals surface area contributed by atoms with E-state index in [2.05, 4.69) is 191 Å². The van der Waals surface area contributed by atoms with Crippen molar-refractivity contribution in [3.8, 4) is 17.1 Å². The highest BCUT2D eigenvalue weighted by Gasteiger charge is 2.24. The molecule has 0 unspecified atom stereocenters. The number of hydrogen-bond acceptors (Lipinski definition) is 0. The van der Waals surface area contributed by atoms with Crippen LogP contribution in [-0.2, 0) is 0 Å². The van der Waals surface area contributed by atoms with Crippen molar-refractivity contribution in [2.24, 2.45) is 0 Å². The first-order valence-electron chi connectivity index (χ1n) is 17.9. The Kier molecular flexibility index (Phi) is 5.75. The lowest BCUT2D eigenvalue weighted by molar-refractivity contribution is 1.17. The summed E-state index contributed by atoms with van der Waals surface area (Å²) in [5.74, 6) is 0. The molecule has 3 aromatic heterocycles. The number of hydrogen-bond donors (Lipinski definition) is 0. The summed E-state index contributed by atoms with van der Waals surface area (Å²) in [4.78, 5) is 0. The third-order valence-electron chi connectivity index (χ3n) is 11.2. The quantitative estimate of drug-likeness (QED) is 0.131. The van der Waals surface area contributed by atoms with Crippen LogP contribution in [0.4, 0.5) is 0 Å². The Morgan fingerprint density at radius 3 is 1.06 bits per heavy atom. The summed E-state index contributed by atoms with van der Waals surface area (Å²) < 4.78 is 7.43. The van der Waals surface area contributed by atoms with Crippen LogP contribution in [0.2, 0.25) is 19.6 Å². The van der Waals surface area contributed by atoms with Crippen LogP contribution in [0.25, 0.3) is 93.3 Å². The molecule has 0 saturated carbocycles. The second-order valence-corrected chi connectivity index (χ2v) is 20.1. The molecule has 0 bridgehead atoms. The van der Waals surface area contributed by atoms with Crippen molar-refractivity contribution in [3.05, 3.63) is 158 Å². The Morgan fingerprint density at radius 1 is 0.314 bits per heavy atom. The molecule has 242 valence electrons. The van der Waals surface area contributed by atoms with Crippen molar-refractivity contribution in [3.63, 3.8) is 0 Å². The van der Waals surface area contributed by atoms with E-state index in [1.807, 2.05) is 0 Å². The molecule has 3 heterocycles. The van der Waals surface area contributed by atoms with Gasteiger partial charge in [0.1, 0.15) is 0 Å². The van der Waals surface area contributed by atoms with E-state index in [0.29, 0.717) is 0 Å². The normalized spacial score (nSPS) is 12.6. The lowest BCUT2D eigenvalue weighted by atomic mass is 9.99. The number of benzene rings is 8. The number of aromatic nitrogens is 3. The van der Waals surface area contributed by atoms with E-state index in [0.717, 1.165) is 0 Å². The number of nitrogens with zero attached hydrogens (tertiary/aromatic N) is 3. The zero-order valence-electron chi connectivity index (χ0n) is 28.9. The largest absolute Gasteiger partial charge is 0.309 e. The van der Waals surface area contributed by atoms with Gasteiger partial charge in [-0.25, -0.2) is 0 Å². The third-order valence-corrected chi connectivity index (χ3v) is 13.2. The smallest absolute Gasteiger partial charge is 0.0775 e. The first-order chi connectivity index (χ1) is 25.0. The van der Waals surface area contributed by atoms with Crippen LogP contribution in [-0.4, -0.2) is 21.8 Å². The molecule has 11 rings (SSSR count). The Morgan fingerprint density at radius 2 is 0.686 bits per heavy atom. The van der Waals surface area contributed by atoms with Gasteiger partial charge in [0.25, 0.3) is 0 Å². The fourth-order valence-corrected chi connectivity index (χ4v) is 10.0. The van der Waals surface area contributed by atoms with Gasteiger partial charge in [0.15, 0.2) is 0 Å². The molecule has 0 spiro atoms. The van der Waals surface area contributed by atoms with E-state index in [9.17, 15) is 0 Å². The van der Waals surface area contributed by atoms with Gasteiger partial charge >= 0.3 is 0 Å². The fourth-order valence-electron chi connectivity index (χ4n) is 8.87. The molecule has 0 atom stereocenters. The van der Waals surface area contributed by atoms with E-state index >= 15 is 0 Å². The predicted octanol–water partition coefficient (Wildman–Crippen LogP) is 12.1. The SMILES string of the molecule is C[Si](C)(C)c1ccc(-n2c3ccc(-n4c5ccccc5c5ccccc54)c4ccc5c(-n6c7ccccc7c7ccccc76)ccc2c5c43)cc1. The molecule has 0 aliphatic carbocycles. The van der Waals surface area contributed by atoms with Crippen LogP contribution in [0.1, 0.15) is 0 Å². The molecule has 0 radical (unpaired) electrons. The molecule has 3 nitrogen and oxygen atoms in total. The van der Waals surface area contributed by atoms with Crippen molar-refractivity contribution in [1.29, 1.82) is 0 Å². The Balaban J connectivity index is 1.28. The van der Waals surface area contributed by atoms with Gasteiger partial charge in [-0.2, -0.15) is 0 Å². The van der Waals surface area contributed by atoms with Gasteiger partial charge in [-0.1, -0.05) is 122 Å². The summed E-state index contributed by atoms with van der Waals surface area (Å²) in [7, 11) is -1.45. The van der Waals surface area contributed by atoms with Gasteiger partial charge in [0, 0.05) is 48.8 Å². The molecular formula is C47H35N3Si. The van der Waals surface area contributed by atoms with Gasteiger partial charge in [-0.05, 0) is 60.7 Å². The molecule has 0 aliphatic heterocycles. The maximum Gasteiger partial charge on any atom is 0.0775 e. The summed E-state index contributed by atoms with van der Waals surface area (Å²) >= 11 is 0. The van der Waals surface area contributed by atoms with E-state index in [1.165, 1.54) is 98.4 Å². The molecule has 0 N–H and O–H groups in total. The number of fused-ring (bicyclic) bond motifs is 6. The van der Waals surface area contributed by atoms with E-state index in [-0.39, 0.29) is 0 Å². The van der Waals surface area contributed by atoms with Crippen LogP contribution in [0.3, 0.4) is 0 Å². The second kappa shape index (κ2) is 10.2. The Labute approximate surface area is 296 Å². The summed E-state index contributed by atoms with van der Waals surface area (Å²) in [5, 5.41) is 11.7. The molecule has 8 aromatic carbocycles. The van der Waals surface area contributed by atoms with E-state index < -0.39 is 8.07 Å². The maximum absolute atomic E-state index is 2.49. The topological polar surface area (TPSA) is 14.8 Å². The zero-order chi connectivity index (χ0) is 34.0.